The molecule has 4 aromatic heterocycles. The maximum absolute atomic E-state index is 4.80. The molecule has 0 fully saturated rings. The van der Waals surface area contributed by atoms with Crippen LogP contribution in [0.2, 0.25) is 0 Å². The van der Waals surface area contributed by atoms with Crippen LogP contribution in [-0.4, -0.2) is 32.0 Å². The molecule has 4 heterocycles. The number of hydrogen-bond acceptors (Lipinski definition) is 5. The van der Waals surface area contributed by atoms with E-state index in [9.17, 15) is 0 Å². The SMILES string of the molecule is CNc1cc(-c2cncc(-c3cccc(-c4ccc[nH]4)c3)c2)nc(-c2cccc(C)n2)n1. The van der Waals surface area contributed by atoms with Gasteiger partial charge in [0.2, 0.25) is 0 Å². The molecule has 0 saturated carbocycles. The van der Waals surface area contributed by atoms with Crippen LogP contribution in [0.4, 0.5) is 5.82 Å². The van der Waals surface area contributed by atoms with Crippen molar-refractivity contribution in [3.05, 3.63) is 91.0 Å². The number of anilines is 1. The molecule has 2 N–H and O–H groups in total. The average Bonchev–Trinajstić information content (AvgIpc) is 3.39. The van der Waals surface area contributed by atoms with Crippen molar-refractivity contribution in [2.45, 2.75) is 6.92 Å². The number of aromatic nitrogens is 5. The van der Waals surface area contributed by atoms with Gasteiger partial charge in [-0.15, -0.1) is 0 Å². The van der Waals surface area contributed by atoms with Crippen molar-refractivity contribution in [1.29, 1.82) is 0 Å². The normalized spacial score (nSPS) is 10.8. The molecule has 0 spiro atoms. The first-order chi connectivity index (χ1) is 15.7. The van der Waals surface area contributed by atoms with Crippen molar-refractivity contribution in [3.8, 4) is 45.2 Å². The van der Waals surface area contributed by atoms with Crippen LogP contribution in [0.15, 0.2) is 85.3 Å². The van der Waals surface area contributed by atoms with E-state index in [1.54, 1.807) is 0 Å². The number of aryl methyl sites for hydroxylation is 1. The van der Waals surface area contributed by atoms with Gasteiger partial charge in [-0.25, -0.2) is 15.0 Å². The fourth-order valence-electron chi connectivity index (χ4n) is 3.62. The van der Waals surface area contributed by atoms with E-state index >= 15 is 0 Å². The maximum Gasteiger partial charge on any atom is 0.180 e. The Balaban J connectivity index is 1.56. The van der Waals surface area contributed by atoms with Crippen molar-refractivity contribution < 1.29 is 0 Å². The molecule has 0 unspecified atom stereocenters. The number of H-pyrrole nitrogens is 1. The molecule has 0 amide bonds. The summed E-state index contributed by atoms with van der Waals surface area (Å²) in [6.07, 6.45) is 5.63. The lowest BCUT2D eigenvalue weighted by Crippen LogP contribution is -2.00. The van der Waals surface area contributed by atoms with E-state index in [2.05, 4.69) is 61.7 Å². The van der Waals surface area contributed by atoms with Crippen molar-refractivity contribution in [2.24, 2.45) is 0 Å². The third-order valence-corrected chi connectivity index (χ3v) is 5.24. The zero-order valence-corrected chi connectivity index (χ0v) is 17.9. The van der Waals surface area contributed by atoms with E-state index in [1.165, 1.54) is 0 Å². The van der Waals surface area contributed by atoms with Gasteiger partial charge >= 0.3 is 0 Å². The smallest absolute Gasteiger partial charge is 0.180 e. The number of rotatable bonds is 5. The molecule has 0 bridgehead atoms. The van der Waals surface area contributed by atoms with Crippen molar-refractivity contribution >= 4 is 5.82 Å². The largest absolute Gasteiger partial charge is 0.373 e. The standard InChI is InChI=1S/C26H22N6/c1-17-6-3-9-23(30-17)26-31-24(14-25(27-2)32-26)21-13-20(15-28-16-21)18-7-4-8-19(12-18)22-10-5-11-29-22/h3-16,29H,1-2H3,(H,27,31,32). The monoisotopic (exact) mass is 418 g/mol. The van der Waals surface area contributed by atoms with Gasteiger partial charge in [-0.3, -0.25) is 4.98 Å². The van der Waals surface area contributed by atoms with E-state index in [4.69, 9.17) is 4.98 Å². The summed E-state index contributed by atoms with van der Waals surface area (Å²) in [5.41, 5.74) is 7.70. The summed E-state index contributed by atoms with van der Waals surface area (Å²) >= 11 is 0. The minimum Gasteiger partial charge on any atom is -0.373 e. The summed E-state index contributed by atoms with van der Waals surface area (Å²) in [6, 6.07) is 22.3. The molecule has 0 aliphatic carbocycles. The molecular weight excluding hydrogens is 396 g/mol. The molecule has 0 atom stereocenters. The van der Waals surface area contributed by atoms with Crippen molar-refractivity contribution in [3.63, 3.8) is 0 Å². The van der Waals surface area contributed by atoms with Crippen LogP contribution in [0.5, 0.6) is 0 Å². The van der Waals surface area contributed by atoms with Crippen LogP contribution < -0.4 is 5.32 Å². The lowest BCUT2D eigenvalue weighted by Gasteiger charge is -2.10. The predicted molar refractivity (Wildman–Crippen MR) is 128 cm³/mol. The first-order valence-electron chi connectivity index (χ1n) is 10.4. The maximum atomic E-state index is 4.80. The van der Waals surface area contributed by atoms with Crippen LogP contribution in [0.25, 0.3) is 45.2 Å². The molecule has 0 saturated heterocycles. The van der Waals surface area contributed by atoms with Crippen molar-refractivity contribution in [2.75, 3.05) is 12.4 Å². The second-order valence-corrected chi connectivity index (χ2v) is 7.50. The Morgan fingerprint density at radius 2 is 1.53 bits per heavy atom. The highest BCUT2D eigenvalue weighted by molar-refractivity contribution is 5.75. The van der Waals surface area contributed by atoms with Gasteiger partial charge in [-0.05, 0) is 54.4 Å². The lowest BCUT2D eigenvalue weighted by atomic mass is 10.0. The number of benzene rings is 1. The Morgan fingerprint density at radius 1 is 0.719 bits per heavy atom. The summed E-state index contributed by atoms with van der Waals surface area (Å²) in [5.74, 6) is 1.31. The van der Waals surface area contributed by atoms with Crippen LogP contribution in [0.1, 0.15) is 5.69 Å². The van der Waals surface area contributed by atoms with E-state index in [1.807, 2.05) is 62.9 Å². The van der Waals surface area contributed by atoms with Gasteiger partial charge < -0.3 is 10.3 Å². The van der Waals surface area contributed by atoms with Crippen LogP contribution in [0, 0.1) is 6.92 Å². The molecule has 0 aliphatic heterocycles. The third kappa shape index (κ3) is 3.98. The molecule has 6 heteroatoms. The molecule has 5 aromatic rings. The highest BCUT2D eigenvalue weighted by atomic mass is 15.0. The highest BCUT2D eigenvalue weighted by Crippen LogP contribution is 2.29. The van der Waals surface area contributed by atoms with Gasteiger partial charge in [0.05, 0.1) is 5.69 Å². The number of nitrogens with zero attached hydrogens (tertiary/aromatic N) is 4. The number of nitrogens with one attached hydrogen (secondary N) is 2. The second-order valence-electron chi connectivity index (χ2n) is 7.50. The van der Waals surface area contributed by atoms with Gasteiger partial charge in [0.15, 0.2) is 5.82 Å². The van der Waals surface area contributed by atoms with Gasteiger partial charge in [-0.2, -0.15) is 0 Å². The molecule has 1 aromatic carbocycles. The van der Waals surface area contributed by atoms with E-state index in [0.717, 1.165) is 50.8 Å². The van der Waals surface area contributed by atoms with E-state index < -0.39 is 0 Å². The third-order valence-electron chi connectivity index (χ3n) is 5.24. The Labute approximate surface area is 186 Å². The van der Waals surface area contributed by atoms with Crippen LogP contribution in [-0.2, 0) is 0 Å². The van der Waals surface area contributed by atoms with Crippen LogP contribution >= 0.6 is 0 Å². The first kappa shape index (κ1) is 19.6. The Kier molecular flexibility index (Phi) is 5.17. The average molecular weight is 419 g/mol. The summed E-state index contributed by atoms with van der Waals surface area (Å²) in [6.45, 7) is 1.96. The van der Waals surface area contributed by atoms with Crippen molar-refractivity contribution in [1.82, 2.24) is 24.9 Å². The van der Waals surface area contributed by atoms with E-state index in [-0.39, 0.29) is 0 Å². The van der Waals surface area contributed by atoms with Gasteiger partial charge in [0.1, 0.15) is 11.5 Å². The van der Waals surface area contributed by atoms with Gasteiger partial charge in [-0.1, -0.05) is 24.3 Å². The Morgan fingerprint density at radius 3 is 2.34 bits per heavy atom. The Bertz CT molecular complexity index is 1380. The predicted octanol–water partition coefficient (Wildman–Crippen LogP) is 5.61. The molecule has 5 rings (SSSR count). The second kappa shape index (κ2) is 8.43. The van der Waals surface area contributed by atoms with E-state index in [0.29, 0.717) is 5.82 Å². The highest BCUT2D eigenvalue weighted by Gasteiger charge is 2.11. The number of pyridine rings is 2. The van der Waals surface area contributed by atoms with Gasteiger partial charge in [0, 0.05) is 54.2 Å². The minimum atomic E-state index is 0.578. The van der Waals surface area contributed by atoms with Gasteiger partial charge in [0.25, 0.3) is 0 Å². The summed E-state index contributed by atoms with van der Waals surface area (Å²) in [7, 11) is 1.85. The lowest BCUT2D eigenvalue weighted by molar-refractivity contribution is 1.11. The quantitative estimate of drug-likeness (QED) is 0.388. The molecule has 0 radical (unpaired) electrons. The summed E-state index contributed by atoms with van der Waals surface area (Å²) < 4.78 is 0. The minimum absolute atomic E-state index is 0.578. The molecular formula is C26H22N6. The van der Waals surface area contributed by atoms with Crippen LogP contribution in [0.3, 0.4) is 0 Å². The summed E-state index contributed by atoms with van der Waals surface area (Å²) in [5, 5.41) is 3.13. The number of hydrogen-bond donors (Lipinski definition) is 2. The zero-order valence-electron chi connectivity index (χ0n) is 17.9. The first-order valence-corrected chi connectivity index (χ1v) is 10.4. The fraction of sp³-hybridized carbons (Fsp3) is 0.0769. The molecule has 32 heavy (non-hydrogen) atoms. The molecule has 0 aliphatic rings. The summed E-state index contributed by atoms with van der Waals surface area (Å²) in [4.78, 5) is 21.7. The topological polar surface area (TPSA) is 79.4 Å². The molecule has 156 valence electrons. The number of aromatic amines is 1. The Hall–Kier alpha value is -4.32. The zero-order chi connectivity index (χ0) is 21.9. The molecule has 6 nitrogen and oxygen atoms in total. The fourth-order valence-corrected chi connectivity index (χ4v) is 3.62.